The van der Waals surface area contributed by atoms with Gasteiger partial charge in [-0.05, 0) is 12.5 Å². The number of rotatable bonds is 9. The van der Waals surface area contributed by atoms with E-state index in [2.05, 4.69) is 10.3 Å². The van der Waals surface area contributed by atoms with E-state index >= 15 is 0 Å². The maximum absolute atomic E-state index is 12.5. The molecule has 0 aliphatic rings. The molecule has 0 aromatic carbocycles. The maximum atomic E-state index is 12.5. The van der Waals surface area contributed by atoms with Gasteiger partial charge in [0.15, 0.2) is 0 Å². The molecule has 0 saturated carbocycles. The fraction of sp³-hybridized carbons (Fsp3) is 0.583. The number of anilines is 1. The molecule has 1 heterocycles. The van der Waals surface area contributed by atoms with Crippen molar-refractivity contribution in [2.75, 3.05) is 38.2 Å². The van der Waals surface area contributed by atoms with Crippen LogP contribution in [0.5, 0.6) is 0 Å². The Morgan fingerprint density at radius 3 is 2.50 bits per heavy atom. The fourth-order valence-corrected chi connectivity index (χ4v) is 3.24. The summed E-state index contributed by atoms with van der Waals surface area (Å²) >= 11 is 0. The highest BCUT2D eigenvalue weighted by molar-refractivity contribution is 7.89. The van der Waals surface area contributed by atoms with Gasteiger partial charge in [0.1, 0.15) is 4.90 Å². The van der Waals surface area contributed by atoms with Gasteiger partial charge >= 0.3 is 0 Å². The first kappa shape index (κ1) is 16.8. The molecule has 3 N–H and O–H groups in total. The van der Waals surface area contributed by atoms with Crippen molar-refractivity contribution in [1.82, 2.24) is 9.29 Å². The number of hydrogen-bond donors (Lipinski definition) is 3. The van der Waals surface area contributed by atoms with E-state index in [0.717, 1.165) is 10.7 Å². The van der Waals surface area contributed by atoms with Crippen molar-refractivity contribution >= 4 is 15.7 Å². The Morgan fingerprint density at radius 2 is 1.95 bits per heavy atom. The topological polar surface area (TPSA) is 103 Å². The van der Waals surface area contributed by atoms with Crippen molar-refractivity contribution in [3.8, 4) is 0 Å². The molecule has 0 aliphatic carbocycles. The summed E-state index contributed by atoms with van der Waals surface area (Å²) in [5.74, 6) is 0. The monoisotopic (exact) mass is 303 g/mol. The Hall–Kier alpha value is -1.22. The lowest BCUT2D eigenvalue weighted by molar-refractivity contribution is 0.217. The lowest BCUT2D eigenvalue weighted by Gasteiger charge is -2.21. The van der Waals surface area contributed by atoms with Crippen LogP contribution in [0.3, 0.4) is 0 Å². The van der Waals surface area contributed by atoms with Crippen LogP contribution in [0.4, 0.5) is 5.69 Å². The second-order valence-corrected chi connectivity index (χ2v) is 6.06. The predicted octanol–water partition coefficient (Wildman–Crippen LogP) is -0.121. The van der Waals surface area contributed by atoms with Gasteiger partial charge in [0.2, 0.25) is 10.0 Å². The van der Waals surface area contributed by atoms with Crippen LogP contribution in [0, 0.1) is 0 Å². The van der Waals surface area contributed by atoms with Crippen molar-refractivity contribution in [3.63, 3.8) is 0 Å². The van der Waals surface area contributed by atoms with Crippen LogP contribution in [0.25, 0.3) is 0 Å². The molecule has 0 fully saturated rings. The molecule has 1 rings (SSSR count). The van der Waals surface area contributed by atoms with Crippen molar-refractivity contribution in [3.05, 3.63) is 18.5 Å². The molecule has 0 atom stereocenters. The molecule has 114 valence electrons. The number of hydrogen-bond acceptors (Lipinski definition) is 6. The van der Waals surface area contributed by atoms with Crippen LogP contribution in [-0.4, -0.2) is 60.8 Å². The molecular weight excluding hydrogens is 282 g/mol. The average Bonchev–Trinajstić information content (AvgIpc) is 2.45. The predicted molar refractivity (Wildman–Crippen MR) is 75.9 cm³/mol. The summed E-state index contributed by atoms with van der Waals surface area (Å²) in [5, 5.41) is 21.0. The van der Waals surface area contributed by atoms with Gasteiger partial charge in [-0.2, -0.15) is 4.31 Å². The van der Waals surface area contributed by atoms with E-state index in [0.29, 0.717) is 12.2 Å². The second kappa shape index (κ2) is 8.15. The quantitative estimate of drug-likeness (QED) is 0.588. The zero-order valence-electron chi connectivity index (χ0n) is 11.5. The van der Waals surface area contributed by atoms with Crippen LogP contribution < -0.4 is 5.32 Å². The lowest BCUT2D eigenvalue weighted by atomic mass is 10.4. The smallest absolute Gasteiger partial charge is 0.246 e. The van der Waals surface area contributed by atoms with Gasteiger partial charge in [0.05, 0.1) is 18.9 Å². The van der Waals surface area contributed by atoms with Gasteiger partial charge in [0, 0.05) is 32.0 Å². The van der Waals surface area contributed by atoms with Crippen molar-refractivity contribution in [1.29, 1.82) is 0 Å². The standard InChI is InChI=1S/C12H21N3O4S/c1-2-4-14-11-3-5-13-10-12(11)20(18,19)15(6-8-16)7-9-17/h3,5,10,16-17H,2,4,6-9H2,1H3,(H,13,14). The molecule has 20 heavy (non-hydrogen) atoms. The van der Waals surface area contributed by atoms with Crippen LogP contribution in [0.2, 0.25) is 0 Å². The van der Waals surface area contributed by atoms with Crippen molar-refractivity contribution < 1.29 is 18.6 Å². The van der Waals surface area contributed by atoms with Gasteiger partial charge in [-0.25, -0.2) is 8.42 Å². The highest BCUT2D eigenvalue weighted by Gasteiger charge is 2.26. The zero-order chi connectivity index (χ0) is 15.0. The molecule has 7 nitrogen and oxygen atoms in total. The average molecular weight is 303 g/mol. The van der Waals surface area contributed by atoms with Crippen LogP contribution in [0.15, 0.2) is 23.4 Å². The largest absolute Gasteiger partial charge is 0.395 e. The van der Waals surface area contributed by atoms with Crippen LogP contribution in [0.1, 0.15) is 13.3 Å². The molecule has 0 radical (unpaired) electrons. The third-order valence-electron chi connectivity index (χ3n) is 2.67. The van der Waals surface area contributed by atoms with Gasteiger partial charge in [-0.15, -0.1) is 0 Å². The molecule has 0 unspecified atom stereocenters. The maximum Gasteiger partial charge on any atom is 0.246 e. The van der Waals surface area contributed by atoms with Gasteiger partial charge in [-0.3, -0.25) is 4.98 Å². The minimum atomic E-state index is -3.80. The minimum absolute atomic E-state index is 0.0513. The first-order chi connectivity index (χ1) is 9.57. The molecule has 0 bridgehead atoms. The zero-order valence-corrected chi connectivity index (χ0v) is 12.3. The summed E-state index contributed by atoms with van der Waals surface area (Å²) in [7, 11) is -3.80. The first-order valence-corrected chi connectivity index (χ1v) is 7.91. The molecular formula is C12H21N3O4S. The lowest BCUT2D eigenvalue weighted by Crippen LogP contribution is -2.36. The Morgan fingerprint density at radius 1 is 1.30 bits per heavy atom. The Balaban J connectivity index is 3.12. The number of sulfonamides is 1. The Labute approximate surface area is 119 Å². The number of aliphatic hydroxyl groups is 2. The molecule has 1 aromatic rings. The van der Waals surface area contributed by atoms with Crippen LogP contribution in [-0.2, 0) is 10.0 Å². The minimum Gasteiger partial charge on any atom is -0.395 e. The molecule has 0 amide bonds. The van der Waals surface area contributed by atoms with Crippen molar-refractivity contribution in [2.45, 2.75) is 18.2 Å². The summed E-state index contributed by atoms with van der Waals surface area (Å²) in [5.41, 5.74) is 0.475. The molecule has 0 aliphatic heterocycles. The highest BCUT2D eigenvalue weighted by atomic mass is 32.2. The number of aliphatic hydroxyl groups excluding tert-OH is 2. The van der Waals surface area contributed by atoms with Gasteiger partial charge < -0.3 is 15.5 Å². The normalized spacial score (nSPS) is 11.8. The molecule has 8 heteroatoms. The number of nitrogens with zero attached hydrogens (tertiary/aromatic N) is 2. The summed E-state index contributed by atoms with van der Waals surface area (Å²) < 4.78 is 26.1. The number of aromatic nitrogens is 1. The summed E-state index contributed by atoms with van der Waals surface area (Å²) in [6, 6.07) is 1.60. The highest BCUT2D eigenvalue weighted by Crippen LogP contribution is 2.23. The third kappa shape index (κ3) is 4.14. The van der Waals surface area contributed by atoms with Crippen LogP contribution >= 0.6 is 0 Å². The molecule has 0 saturated heterocycles. The van der Waals surface area contributed by atoms with E-state index in [1.807, 2.05) is 6.92 Å². The number of nitrogens with one attached hydrogen (secondary N) is 1. The third-order valence-corrected chi connectivity index (χ3v) is 4.59. The van der Waals surface area contributed by atoms with E-state index in [1.165, 1.54) is 12.4 Å². The van der Waals surface area contributed by atoms with Gasteiger partial charge in [-0.1, -0.05) is 6.92 Å². The SMILES string of the molecule is CCCNc1ccncc1S(=O)(=O)N(CCO)CCO. The number of pyridine rings is 1. The van der Waals surface area contributed by atoms with E-state index in [-0.39, 0.29) is 31.2 Å². The van der Waals surface area contributed by atoms with E-state index in [9.17, 15) is 8.42 Å². The Kier molecular flexibility index (Phi) is 6.86. The first-order valence-electron chi connectivity index (χ1n) is 6.47. The second-order valence-electron chi connectivity index (χ2n) is 4.15. The fourth-order valence-electron chi connectivity index (χ4n) is 1.71. The summed E-state index contributed by atoms with van der Waals surface area (Å²) in [4.78, 5) is 3.90. The van der Waals surface area contributed by atoms with Crippen molar-refractivity contribution in [2.24, 2.45) is 0 Å². The van der Waals surface area contributed by atoms with E-state index in [4.69, 9.17) is 10.2 Å². The summed E-state index contributed by atoms with van der Waals surface area (Å²) in [6.07, 6.45) is 3.65. The van der Waals surface area contributed by atoms with E-state index < -0.39 is 10.0 Å². The molecule has 1 aromatic heterocycles. The molecule has 0 spiro atoms. The Bertz CT molecular complexity index is 501. The van der Waals surface area contributed by atoms with Gasteiger partial charge in [0.25, 0.3) is 0 Å². The van der Waals surface area contributed by atoms with E-state index in [1.54, 1.807) is 6.07 Å². The summed E-state index contributed by atoms with van der Waals surface area (Å²) in [6.45, 7) is 1.88.